The van der Waals surface area contributed by atoms with Crippen LogP contribution in [0.1, 0.15) is 41.9 Å². The largest absolute Gasteiger partial charge is 0.467 e. The van der Waals surface area contributed by atoms with Crippen LogP contribution in [0.2, 0.25) is 0 Å². The van der Waals surface area contributed by atoms with Gasteiger partial charge in [0.05, 0.1) is 17.2 Å². The average molecular weight is 347 g/mol. The van der Waals surface area contributed by atoms with Crippen molar-refractivity contribution in [3.63, 3.8) is 0 Å². The van der Waals surface area contributed by atoms with Gasteiger partial charge >= 0.3 is 0 Å². The number of carbonyl (C=O) groups excluding carboxylic acids is 1. The van der Waals surface area contributed by atoms with Crippen LogP contribution >= 0.6 is 0 Å². The van der Waals surface area contributed by atoms with E-state index >= 15 is 0 Å². The smallest absolute Gasteiger partial charge is 0.254 e. The Bertz CT molecular complexity index is 809. The summed E-state index contributed by atoms with van der Waals surface area (Å²) in [5.74, 6) is 1.22. The standard InChI is InChI=1S/C18H21NO4S/c1-13-9-10-19(16(12-13)17-4-3-11-23-17)18(20)14-5-7-15(8-6-14)24(2,21)22/h3-8,11,13,16H,9-10,12H2,1-2H3/t13-,16-/m1/s1. The molecule has 0 unspecified atom stereocenters. The Labute approximate surface area is 142 Å². The summed E-state index contributed by atoms with van der Waals surface area (Å²) in [5, 5.41) is 0. The van der Waals surface area contributed by atoms with Crippen molar-refractivity contribution in [3.05, 3.63) is 54.0 Å². The molecule has 0 N–H and O–H groups in total. The molecule has 1 amide bonds. The fraction of sp³-hybridized carbons (Fsp3) is 0.389. The third-order valence-electron chi connectivity index (χ3n) is 4.53. The van der Waals surface area contributed by atoms with E-state index in [0.29, 0.717) is 18.0 Å². The highest BCUT2D eigenvalue weighted by atomic mass is 32.2. The molecule has 0 aliphatic carbocycles. The molecule has 5 nitrogen and oxygen atoms in total. The first-order valence-electron chi connectivity index (χ1n) is 8.01. The third-order valence-corrected chi connectivity index (χ3v) is 5.66. The molecule has 1 aromatic carbocycles. The van der Waals surface area contributed by atoms with Gasteiger partial charge < -0.3 is 9.32 Å². The lowest BCUT2D eigenvalue weighted by molar-refractivity contribution is 0.0521. The van der Waals surface area contributed by atoms with E-state index < -0.39 is 9.84 Å². The number of hydrogen-bond acceptors (Lipinski definition) is 4. The minimum Gasteiger partial charge on any atom is -0.467 e. The molecule has 0 saturated carbocycles. The van der Waals surface area contributed by atoms with E-state index in [2.05, 4.69) is 6.92 Å². The summed E-state index contributed by atoms with van der Waals surface area (Å²) in [7, 11) is -3.26. The maximum absolute atomic E-state index is 12.9. The van der Waals surface area contributed by atoms with Crippen LogP contribution in [-0.2, 0) is 9.84 Å². The summed E-state index contributed by atoms with van der Waals surface area (Å²) < 4.78 is 28.6. The highest BCUT2D eigenvalue weighted by Crippen LogP contribution is 2.35. The molecule has 1 saturated heterocycles. The first kappa shape index (κ1) is 16.8. The molecule has 0 bridgehead atoms. The molecular weight excluding hydrogens is 326 g/mol. The molecular formula is C18H21NO4S. The zero-order valence-electron chi connectivity index (χ0n) is 13.8. The maximum atomic E-state index is 12.9. The Kier molecular flexibility index (Phi) is 4.49. The van der Waals surface area contributed by atoms with Crippen molar-refractivity contribution in [1.82, 2.24) is 4.90 Å². The second kappa shape index (κ2) is 6.43. The van der Waals surface area contributed by atoms with E-state index in [1.807, 2.05) is 17.0 Å². The van der Waals surface area contributed by atoms with Crippen LogP contribution in [0.5, 0.6) is 0 Å². The SMILES string of the molecule is C[C@@H]1CCN(C(=O)c2ccc(S(C)(=O)=O)cc2)[C@@H](c2ccco2)C1. The van der Waals surface area contributed by atoms with Crippen LogP contribution in [0.15, 0.2) is 52.0 Å². The number of benzene rings is 1. The zero-order valence-corrected chi connectivity index (χ0v) is 14.6. The van der Waals surface area contributed by atoms with Crippen LogP contribution in [0.3, 0.4) is 0 Å². The number of piperidine rings is 1. The van der Waals surface area contributed by atoms with Crippen LogP contribution in [0.4, 0.5) is 0 Å². The number of furan rings is 1. The molecule has 1 aliphatic heterocycles. The van der Waals surface area contributed by atoms with Crippen molar-refractivity contribution >= 4 is 15.7 Å². The minimum absolute atomic E-state index is 0.0779. The fourth-order valence-corrected chi connectivity index (χ4v) is 3.78. The Morgan fingerprint density at radius 1 is 1.21 bits per heavy atom. The lowest BCUT2D eigenvalue weighted by Gasteiger charge is -2.37. The topological polar surface area (TPSA) is 67.6 Å². The first-order chi connectivity index (χ1) is 11.4. The van der Waals surface area contributed by atoms with E-state index in [9.17, 15) is 13.2 Å². The lowest BCUT2D eigenvalue weighted by Crippen LogP contribution is -2.40. The van der Waals surface area contributed by atoms with Gasteiger partial charge in [-0.1, -0.05) is 6.92 Å². The van der Waals surface area contributed by atoms with E-state index in [1.54, 1.807) is 18.4 Å². The number of sulfone groups is 1. The van der Waals surface area contributed by atoms with Crippen molar-refractivity contribution in [3.8, 4) is 0 Å². The van der Waals surface area contributed by atoms with Crippen molar-refractivity contribution in [1.29, 1.82) is 0 Å². The molecule has 3 rings (SSSR count). The van der Waals surface area contributed by atoms with E-state index in [-0.39, 0.29) is 16.8 Å². The van der Waals surface area contributed by atoms with E-state index in [1.165, 1.54) is 12.1 Å². The molecule has 2 aromatic rings. The Balaban J connectivity index is 1.87. The molecule has 128 valence electrons. The molecule has 1 fully saturated rings. The Morgan fingerprint density at radius 2 is 1.92 bits per heavy atom. The van der Waals surface area contributed by atoms with Crippen LogP contribution < -0.4 is 0 Å². The van der Waals surface area contributed by atoms with Gasteiger partial charge in [-0.05, 0) is 55.2 Å². The summed E-state index contributed by atoms with van der Waals surface area (Å²) in [6, 6.07) is 9.78. The monoisotopic (exact) mass is 347 g/mol. The lowest BCUT2D eigenvalue weighted by atomic mass is 9.90. The van der Waals surface area contributed by atoms with Crippen LogP contribution in [-0.4, -0.2) is 32.0 Å². The summed E-state index contributed by atoms with van der Waals surface area (Å²) in [4.78, 5) is 15.0. The number of nitrogens with zero attached hydrogens (tertiary/aromatic N) is 1. The van der Waals surface area contributed by atoms with Crippen LogP contribution in [0, 0.1) is 5.92 Å². The third kappa shape index (κ3) is 3.38. The summed E-state index contributed by atoms with van der Waals surface area (Å²) in [6.45, 7) is 2.85. The predicted octanol–water partition coefficient (Wildman–Crippen LogP) is 3.30. The van der Waals surface area contributed by atoms with Crippen molar-refractivity contribution < 1.29 is 17.6 Å². The van der Waals surface area contributed by atoms with Gasteiger partial charge in [-0.2, -0.15) is 0 Å². The van der Waals surface area contributed by atoms with Gasteiger partial charge in [-0.3, -0.25) is 4.79 Å². The van der Waals surface area contributed by atoms with Gasteiger partial charge in [-0.15, -0.1) is 0 Å². The highest BCUT2D eigenvalue weighted by molar-refractivity contribution is 7.90. The second-order valence-electron chi connectivity index (χ2n) is 6.46. The van der Waals surface area contributed by atoms with Gasteiger partial charge in [0.25, 0.3) is 5.91 Å². The van der Waals surface area contributed by atoms with E-state index in [0.717, 1.165) is 24.9 Å². The highest BCUT2D eigenvalue weighted by Gasteiger charge is 2.33. The maximum Gasteiger partial charge on any atom is 0.254 e. The number of likely N-dealkylation sites (tertiary alicyclic amines) is 1. The first-order valence-corrected chi connectivity index (χ1v) is 9.90. The summed E-state index contributed by atoms with van der Waals surface area (Å²) >= 11 is 0. The van der Waals surface area contributed by atoms with Crippen molar-refractivity contribution in [2.75, 3.05) is 12.8 Å². The number of hydrogen-bond donors (Lipinski definition) is 0. The zero-order chi connectivity index (χ0) is 17.3. The van der Waals surface area contributed by atoms with Crippen molar-refractivity contribution in [2.24, 2.45) is 5.92 Å². The normalized spacial score (nSPS) is 21.7. The number of amides is 1. The molecule has 1 aromatic heterocycles. The van der Waals surface area contributed by atoms with Gasteiger partial charge in [0.1, 0.15) is 5.76 Å². The average Bonchev–Trinajstić information content (AvgIpc) is 3.08. The Morgan fingerprint density at radius 3 is 2.50 bits per heavy atom. The van der Waals surface area contributed by atoms with E-state index in [4.69, 9.17) is 4.42 Å². The van der Waals surface area contributed by atoms with Gasteiger partial charge in [0.2, 0.25) is 0 Å². The molecule has 2 atom stereocenters. The molecule has 6 heteroatoms. The summed E-state index contributed by atoms with van der Waals surface area (Å²) in [5.41, 5.74) is 0.494. The summed E-state index contributed by atoms with van der Waals surface area (Å²) in [6.07, 6.45) is 4.59. The van der Waals surface area contributed by atoms with Gasteiger partial charge in [-0.25, -0.2) is 8.42 Å². The molecule has 2 heterocycles. The second-order valence-corrected chi connectivity index (χ2v) is 8.47. The quantitative estimate of drug-likeness (QED) is 0.854. The molecule has 0 radical (unpaired) electrons. The minimum atomic E-state index is -3.26. The van der Waals surface area contributed by atoms with Crippen LogP contribution in [0.25, 0.3) is 0 Å². The Hall–Kier alpha value is -2.08. The fourth-order valence-electron chi connectivity index (χ4n) is 3.15. The van der Waals surface area contributed by atoms with Crippen molar-refractivity contribution in [2.45, 2.75) is 30.7 Å². The molecule has 24 heavy (non-hydrogen) atoms. The predicted molar refractivity (Wildman–Crippen MR) is 90.4 cm³/mol. The molecule has 1 aliphatic rings. The number of carbonyl (C=O) groups is 1. The van der Waals surface area contributed by atoms with Gasteiger partial charge in [0.15, 0.2) is 9.84 Å². The van der Waals surface area contributed by atoms with Gasteiger partial charge in [0, 0.05) is 18.4 Å². The number of rotatable bonds is 3. The molecule has 0 spiro atoms.